The highest BCUT2D eigenvalue weighted by molar-refractivity contribution is 6.21. The van der Waals surface area contributed by atoms with Gasteiger partial charge in [0.2, 0.25) is 0 Å². The fraction of sp³-hybridized carbons (Fsp3) is 1.00. The molecular weight excluding hydrogens is 120 g/mol. The fourth-order valence-corrected chi connectivity index (χ4v) is 2.65. The molecule has 0 nitrogen and oxygen atoms in total. The molecule has 8 heavy (non-hydrogen) atoms. The van der Waals surface area contributed by atoms with Crippen molar-refractivity contribution in [3.05, 3.63) is 0 Å². The van der Waals surface area contributed by atoms with Crippen LogP contribution < -0.4 is 0 Å². The second-order valence-electron chi connectivity index (χ2n) is 3.19. The van der Waals surface area contributed by atoms with Gasteiger partial charge >= 0.3 is 0 Å². The molecular formula is C7H11Cl. The zero-order valence-corrected chi connectivity index (χ0v) is 5.69. The lowest BCUT2D eigenvalue weighted by molar-refractivity contribution is 0.487. The van der Waals surface area contributed by atoms with Crippen LogP contribution in [0, 0.1) is 11.8 Å². The van der Waals surface area contributed by atoms with E-state index in [2.05, 4.69) is 0 Å². The van der Waals surface area contributed by atoms with E-state index in [1.165, 1.54) is 25.7 Å². The monoisotopic (exact) mass is 130 g/mol. The van der Waals surface area contributed by atoms with Gasteiger partial charge in [-0.25, -0.2) is 0 Å². The fourth-order valence-electron chi connectivity index (χ4n) is 2.17. The van der Waals surface area contributed by atoms with Crippen LogP contribution in [0.15, 0.2) is 0 Å². The van der Waals surface area contributed by atoms with Crippen LogP contribution in [0.2, 0.25) is 0 Å². The highest BCUT2D eigenvalue weighted by Gasteiger charge is 2.38. The van der Waals surface area contributed by atoms with Crippen LogP contribution in [0.3, 0.4) is 0 Å². The summed E-state index contributed by atoms with van der Waals surface area (Å²) in [4.78, 5) is 0. The summed E-state index contributed by atoms with van der Waals surface area (Å²) < 4.78 is 0. The maximum absolute atomic E-state index is 6.01. The highest BCUT2D eigenvalue weighted by atomic mass is 35.5. The van der Waals surface area contributed by atoms with Crippen LogP contribution in [0.25, 0.3) is 0 Å². The van der Waals surface area contributed by atoms with Gasteiger partial charge < -0.3 is 0 Å². The molecule has 2 saturated carbocycles. The first-order chi connectivity index (χ1) is 3.86. The number of fused-ring (bicyclic) bond motifs is 2. The third kappa shape index (κ3) is 0.589. The van der Waals surface area contributed by atoms with E-state index < -0.39 is 0 Å². The van der Waals surface area contributed by atoms with Gasteiger partial charge in [-0.1, -0.05) is 6.42 Å². The molecule has 2 aliphatic carbocycles. The number of hydrogen-bond acceptors (Lipinski definition) is 0. The average Bonchev–Trinajstić information content (AvgIpc) is 2.23. The quantitative estimate of drug-likeness (QED) is 0.442. The van der Waals surface area contributed by atoms with Gasteiger partial charge in [0.05, 0.1) is 0 Å². The maximum Gasteiger partial charge on any atom is 0.0367 e. The Balaban J connectivity index is 2.11. The van der Waals surface area contributed by atoms with E-state index in [0.29, 0.717) is 5.38 Å². The standard InChI is InChI=1S/C7H11Cl/c8-7-4-5-1-2-6(7)3-5/h5-7H,1-4H2/t5?,6?,7-/m1/s1. The van der Waals surface area contributed by atoms with Crippen LogP contribution in [0.1, 0.15) is 25.7 Å². The van der Waals surface area contributed by atoms with E-state index in [-0.39, 0.29) is 0 Å². The first-order valence-electron chi connectivity index (χ1n) is 3.50. The molecule has 0 aliphatic heterocycles. The minimum absolute atomic E-state index is 0.550. The van der Waals surface area contributed by atoms with E-state index in [1.807, 2.05) is 0 Å². The van der Waals surface area contributed by atoms with E-state index in [1.54, 1.807) is 0 Å². The highest BCUT2D eigenvalue weighted by Crippen LogP contribution is 2.46. The molecule has 2 bridgehead atoms. The van der Waals surface area contributed by atoms with Crippen molar-refractivity contribution in [1.82, 2.24) is 0 Å². The molecule has 2 fully saturated rings. The van der Waals surface area contributed by atoms with Crippen molar-refractivity contribution < 1.29 is 0 Å². The van der Waals surface area contributed by atoms with E-state index in [9.17, 15) is 0 Å². The van der Waals surface area contributed by atoms with Gasteiger partial charge in [-0.05, 0) is 31.1 Å². The Morgan fingerprint density at radius 3 is 2.25 bits per heavy atom. The van der Waals surface area contributed by atoms with Gasteiger partial charge in [0.1, 0.15) is 0 Å². The molecule has 46 valence electrons. The van der Waals surface area contributed by atoms with Gasteiger partial charge in [0, 0.05) is 5.38 Å². The van der Waals surface area contributed by atoms with E-state index >= 15 is 0 Å². The second-order valence-corrected chi connectivity index (χ2v) is 3.75. The molecule has 2 rings (SSSR count). The third-order valence-corrected chi connectivity index (χ3v) is 3.19. The van der Waals surface area contributed by atoms with Gasteiger partial charge in [-0.15, -0.1) is 11.6 Å². The van der Waals surface area contributed by atoms with Crippen LogP contribution >= 0.6 is 11.6 Å². The molecule has 2 aliphatic rings. The Kier molecular flexibility index (Phi) is 1.04. The molecule has 0 heterocycles. The summed E-state index contributed by atoms with van der Waals surface area (Å²) in [6, 6.07) is 0. The molecule has 1 heteroatoms. The van der Waals surface area contributed by atoms with Gasteiger partial charge in [-0.3, -0.25) is 0 Å². The molecule has 3 atom stereocenters. The van der Waals surface area contributed by atoms with Crippen molar-refractivity contribution in [3.63, 3.8) is 0 Å². The first kappa shape index (κ1) is 5.10. The van der Waals surface area contributed by atoms with E-state index in [4.69, 9.17) is 11.6 Å². The van der Waals surface area contributed by atoms with Crippen LogP contribution in [0.5, 0.6) is 0 Å². The summed E-state index contributed by atoms with van der Waals surface area (Å²) in [5.41, 5.74) is 0. The van der Waals surface area contributed by atoms with Crippen LogP contribution in [-0.4, -0.2) is 5.38 Å². The normalized spacial score (nSPS) is 52.9. The second kappa shape index (κ2) is 1.63. The Bertz CT molecular complexity index is 98.6. The Hall–Kier alpha value is 0.290. The van der Waals surface area contributed by atoms with E-state index in [0.717, 1.165) is 11.8 Å². The maximum atomic E-state index is 6.01. The predicted octanol–water partition coefficient (Wildman–Crippen LogP) is 2.41. The van der Waals surface area contributed by atoms with Gasteiger partial charge in [0.15, 0.2) is 0 Å². The average molecular weight is 131 g/mol. The van der Waals surface area contributed by atoms with Crippen molar-refractivity contribution >= 4 is 11.6 Å². The molecule has 0 spiro atoms. The largest absolute Gasteiger partial charge is 0.123 e. The van der Waals surface area contributed by atoms with Crippen LogP contribution in [-0.2, 0) is 0 Å². The SMILES string of the molecule is Cl[C@@H]1CC2CCC1C2. The number of hydrogen-bond donors (Lipinski definition) is 0. The van der Waals surface area contributed by atoms with Crippen molar-refractivity contribution in [2.24, 2.45) is 11.8 Å². The summed E-state index contributed by atoms with van der Waals surface area (Å²) in [7, 11) is 0. The first-order valence-corrected chi connectivity index (χ1v) is 3.94. The third-order valence-electron chi connectivity index (χ3n) is 2.65. The molecule has 0 aromatic heterocycles. The van der Waals surface area contributed by atoms with Crippen molar-refractivity contribution in [1.29, 1.82) is 0 Å². The smallest absolute Gasteiger partial charge is 0.0367 e. The lowest BCUT2D eigenvalue weighted by Gasteiger charge is -2.13. The zero-order valence-electron chi connectivity index (χ0n) is 4.94. The Morgan fingerprint density at radius 2 is 2.00 bits per heavy atom. The Labute approximate surface area is 55.2 Å². The molecule has 0 N–H and O–H groups in total. The number of alkyl halides is 1. The summed E-state index contributed by atoms with van der Waals surface area (Å²) in [6.07, 6.45) is 5.63. The van der Waals surface area contributed by atoms with Gasteiger partial charge in [0.25, 0.3) is 0 Å². The summed E-state index contributed by atoms with van der Waals surface area (Å²) in [5, 5.41) is 0.550. The topological polar surface area (TPSA) is 0 Å². The van der Waals surface area contributed by atoms with Crippen molar-refractivity contribution in [2.75, 3.05) is 0 Å². The minimum Gasteiger partial charge on any atom is -0.123 e. The lowest BCUT2D eigenvalue weighted by atomic mass is 10.0. The number of halogens is 1. The summed E-state index contributed by atoms with van der Waals surface area (Å²) >= 11 is 6.01. The molecule has 0 radical (unpaired) electrons. The lowest BCUT2D eigenvalue weighted by Crippen LogP contribution is -2.08. The summed E-state index contributed by atoms with van der Waals surface area (Å²) in [5.74, 6) is 1.92. The van der Waals surface area contributed by atoms with Crippen LogP contribution in [0.4, 0.5) is 0 Å². The molecule has 0 aromatic rings. The molecule has 0 saturated heterocycles. The summed E-state index contributed by atoms with van der Waals surface area (Å²) in [6.45, 7) is 0. The molecule has 0 amide bonds. The zero-order chi connectivity index (χ0) is 5.56. The van der Waals surface area contributed by atoms with Crippen molar-refractivity contribution in [3.8, 4) is 0 Å². The Morgan fingerprint density at radius 1 is 1.12 bits per heavy atom. The minimum atomic E-state index is 0.550. The number of rotatable bonds is 0. The molecule has 2 unspecified atom stereocenters. The molecule has 0 aromatic carbocycles. The predicted molar refractivity (Wildman–Crippen MR) is 35.1 cm³/mol. The van der Waals surface area contributed by atoms with Crippen molar-refractivity contribution in [2.45, 2.75) is 31.1 Å². The van der Waals surface area contributed by atoms with Gasteiger partial charge in [-0.2, -0.15) is 0 Å².